The monoisotopic (exact) mass is 378 g/mol. The third kappa shape index (κ3) is 5.43. The Balaban J connectivity index is 1.86. The first-order chi connectivity index (χ1) is 13.1. The predicted octanol–water partition coefficient (Wildman–Crippen LogP) is 6.77. The molecule has 0 N–H and O–H groups in total. The molecule has 144 valence electrons. The molecule has 1 fully saturated rings. The van der Waals surface area contributed by atoms with Crippen molar-refractivity contribution in [3.05, 3.63) is 77.9 Å². The fourth-order valence-electron chi connectivity index (χ4n) is 4.29. The van der Waals surface area contributed by atoms with Gasteiger partial charge < -0.3 is 4.43 Å². The highest BCUT2D eigenvalue weighted by atomic mass is 28.4. The van der Waals surface area contributed by atoms with E-state index in [1.54, 1.807) is 0 Å². The number of rotatable bonds is 7. The summed E-state index contributed by atoms with van der Waals surface area (Å²) < 4.78 is 6.98. The van der Waals surface area contributed by atoms with Crippen molar-refractivity contribution < 1.29 is 4.43 Å². The molecule has 0 aliphatic heterocycles. The fourth-order valence-corrected chi connectivity index (χ4v) is 6.30. The Bertz CT molecular complexity index is 715. The third-order valence-electron chi connectivity index (χ3n) is 5.94. The Hall–Kier alpha value is -1.64. The zero-order valence-corrected chi connectivity index (χ0v) is 18.2. The second-order valence-corrected chi connectivity index (χ2v) is 12.2. The first kappa shape index (κ1) is 20.1. The highest BCUT2D eigenvalue weighted by Crippen LogP contribution is 2.37. The lowest BCUT2D eigenvalue weighted by atomic mass is 9.82. The first-order valence-electron chi connectivity index (χ1n) is 10.5. The van der Waals surface area contributed by atoms with Crippen LogP contribution in [-0.4, -0.2) is 8.32 Å². The lowest BCUT2D eigenvalue weighted by Gasteiger charge is -2.33. The summed E-state index contributed by atoms with van der Waals surface area (Å²) in [5.41, 5.74) is 2.75. The van der Waals surface area contributed by atoms with Crippen molar-refractivity contribution in [2.24, 2.45) is 5.92 Å². The molecule has 0 amide bonds. The van der Waals surface area contributed by atoms with Gasteiger partial charge in [-0.25, -0.2) is 0 Å². The normalized spacial score (nSPS) is 17.7. The van der Waals surface area contributed by atoms with Crippen LogP contribution in [-0.2, 0) is 4.43 Å². The van der Waals surface area contributed by atoms with Gasteiger partial charge in [0.25, 0.3) is 0 Å². The van der Waals surface area contributed by atoms with Crippen LogP contribution in [0.2, 0.25) is 13.1 Å². The zero-order valence-electron chi connectivity index (χ0n) is 17.2. The quantitative estimate of drug-likeness (QED) is 0.381. The van der Waals surface area contributed by atoms with Gasteiger partial charge in [0.05, 0.1) is 6.10 Å². The number of hydrogen-bond acceptors (Lipinski definition) is 1. The van der Waals surface area contributed by atoms with Crippen molar-refractivity contribution in [3.63, 3.8) is 0 Å². The summed E-state index contributed by atoms with van der Waals surface area (Å²) in [6.45, 7) is 6.84. The standard InChI is InChI=1S/C25H34OSi/c1-4-22(20-21-14-8-5-9-15-21)25(23-16-10-6-11-17-23)26-27(2,3)24-18-12-7-13-19-24/h4,6-7,10-13,16-19,21,25H,5,8-9,14-15,20H2,1-3H3/b22-4-/t25-/m1/s1. The Morgan fingerprint density at radius 3 is 2.15 bits per heavy atom. The van der Waals surface area contributed by atoms with E-state index >= 15 is 0 Å². The molecule has 2 aromatic carbocycles. The Kier molecular flexibility index (Phi) is 7.09. The van der Waals surface area contributed by atoms with Crippen molar-refractivity contribution in [1.82, 2.24) is 0 Å². The predicted molar refractivity (Wildman–Crippen MR) is 119 cm³/mol. The van der Waals surface area contributed by atoms with Crippen LogP contribution >= 0.6 is 0 Å². The van der Waals surface area contributed by atoms with Gasteiger partial charge in [-0.15, -0.1) is 0 Å². The van der Waals surface area contributed by atoms with Crippen LogP contribution in [0.25, 0.3) is 0 Å². The van der Waals surface area contributed by atoms with Crippen LogP contribution in [0, 0.1) is 5.92 Å². The van der Waals surface area contributed by atoms with Crippen LogP contribution in [0.3, 0.4) is 0 Å². The molecule has 1 saturated carbocycles. The molecule has 0 radical (unpaired) electrons. The van der Waals surface area contributed by atoms with E-state index < -0.39 is 8.32 Å². The molecule has 27 heavy (non-hydrogen) atoms. The summed E-state index contributed by atoms with van der Waals surface area (Å²) in [6, 6.07) is 21.6. The van der Waals surface area contributed by atoms with E-state index in [0.29, 0.717) is 0 Å². The van der Waals surface area contributed by atoms with Gasteiger partial charge in [-0.05, 0) is 48.7 Å². The maximum absolute atomic E-state index is 6.98. The van der Waals surface area contributed by atoms with Gasteiger partial charge in [-0.1, -0.05) is 98.8 Å². The van der Waals surface area contributed by atoms with Crippen LogP contribution in [0.15, 0.2) is 72.3 Å². The number of hydrogen-bond donors (Lipinski definition) is 0. The van der Waals surface area contributed by atoms with Gasteiger partial charge in [0.1, 0.15) is 0 Å². The molecule has 0 bridgehead atoms. The average Bonchev–Trinajstić information content (AvgIpc) is 2.72. The molecule has 0 saturated heterocycles. The van der Waals surface area contributed by atoms with E-state index in [4.69, 9.17) is 4.43 Å². The summed E-state index contributed by atoms with van der Waals surface area (Å²) in [5, 5.41) is 1.36. The third-order valence-corrected chi connectivity index (χ3v) is 8.49. The smallest absolute Gasteiger partial charge is 0.219 e. The van der Waals surface area contributed by atoms with E-state index in [-0.39, 0.29) is 6.10 Å². The van der Waals surface area contributed by atoms with Crippen molar-refractivity contribution in [1.29, 1.82) is 0 Å². The maximum atomic E-state index is 6.98. The summed E-state index contributed by atoms with van der Waals surface area (Å²) in [5.74, 6) is 0.821. The Morgan fingerprint density at radius 1 is 0.963 bits per heavy atom. The Morgan fingerprint density at radius 2 is 1.56 bits per heavy atom. The van der Waals surface area contributed by atoms with Crippen molar-refractivity contribution in [3.8, 4) is 0 Å². The molecular formula is C25H34OSi. The second kappa shape index (κ2) is 9.52. The van der Waals surface area contributed by atoms with E-state index in [1.807, 2.05) is 0 Å². The average molecular weight is 379 g/mol. The van der Waals surface area contributed by atoms with E-state index in [0.717, 1.165) is 5.92 Å². The minimum atomic E-state index is -2.01. The van der Waals surface area contributed by atoms with Crippen LogP contribution < -0.4 is 5.19 Å². The summed E-state index contributed by atoms with van der Waals surface area (Å²) in [7, 11) is -2.01. The first-order valence-corrected chi connectivity index (χ1v) is 13.4. The van der Waals surface area contributed by atoms with Crippen molar-refractivity contribution in [2.45, 2.75) is 64.6 Å². The Labute approximate surface area is 166 Å². The fraction of sp³-hybridized carbons (Fsp3) is 0.440. The SMILES string of the molecule is C/C=C(/CC1CCCCC1)[C@@H](O[Si](C)(C)c1ccccc1)c1ccccc1. The maximum Gasteiger partial charge on any atom is 0.219 e. The van der Waals surface area contributed by atoms with Crippen LogP contribution in [0.5, 0.6) is 0 Å². The molecule has 1 atom stereocenters. The van der Waals surface area contributed by atoms with Gasteiger partial charge >= 0.3 is 0 Å². The molecule has 3 rings (SSSR count). The largest absolute Gasteiger partial charge is 0.402 e. The van der Waals surface area contributed by atoms with E-state index in [1.165, 1.54) is 54.8 Å². The lowest BCUT2D eigenvalue weighted by molar-refractivity contribution is 0.223. The van der Waals surface area contributed by atoms with Gasteiger partial charge in [-0.3, -0.25) is 0 Å². The minimum absolute atomic E-state index is 0.0694. The topological polar surface area (TPSA) is 9.23 Å². The van der Waals surface area contributed by atoms with Gasteiger partial charge in [0.2, 0.25) is 8.32 Å². The van der Waals surface area contributed by atoms with E-state index in [2.05, 4.69) is 86.8 Å². The zero-order chi connectivity index (χ0) is 19.1. The van der Waals surface area contributed by atoms with Crippen molar-refractivity contribution in [2.75, 3.05) is 0 Å². The molecule has 2 heteroatoms. The molecule has 0 spiro atoms. The van der Waals surface area contributed by atoms with E-state index in [9.17, 15) is 0 Å². The molecule has 1 aliphatic rings. The van der Waals surface area contributed by atoms with Crippen LogP contribution in [0.1, 0.15) is 57.1 Å². The molecule has 2 aromatic rings. The van der Waals surface area contributed by atoms with Gasteiger partial charge in [-0.2, -0.15) is 0 Å². The molecule has 1 nitrogen and oxygen atoms in total. The summed E-state index contributed by atoms with van der Waals surface area (Å²) in [6.07, 6.45) is 10.5. The number of benzene rings is 2. The minimum Gasteiger partial charge on any atom is -0.402 e. The summed E-state index contributed by atoms with van der Waals surface area (Å²) in [4.78, 5) is 0. The second-order valence-electron chi connectivity index (χ2n) is 8.36. The van der Waals surface area contributed by atoms with Gasteiger partial charge in [0.15, 0.2) is 0 Å². The highest BCUT2D eigenvalue weighted by molar-refractivity contribution is 6.84. The molecular weight excluding hydrogens is 344 g/mol. The molecule has 0 unspecified atom stereocenters. The highest BCUT2D eigenvalue weighted by Gasteiger charge is 2.32. The molecule has 0 aromatic heterocycles. The van der Waals surface area contributed by atoms with Gasteiger partial charge in [0, 0.05) is 0 Å². The summed E-state index contributed by atoms with van der Waals surface area (Å²) >= 11 is 0. The molecule has 0 heterocycles. The van der Waals surface area contributed by atoms with Crippen molar-refractivity contribution >= 4 is 13.5 Å². The number of allylic oxidation sites excluding steroid dienone is 1. The lowest BCUT2D eigenvalue weighted by Crippen LogP contribution is -2.45. The van der Waals surface area contributed by atoms with Crippen LogP contribution in [0.4, 0.5) is 0 Å². The molecule has 1 aliphatic carbocycles.